The van der Waals surface area contributed by atoms with Gasteiger partial charge in [0, 0.05) is 26.2 Å². The first-order chi connectivity index (χ1) is 9.06. The fraction of sp³-hybridized carbons (Fsp3) is 0.538. The lowest BCUT2D eigenvalue weighted by Gasteiger charge is -2.20. The number of halogens is 1. The zero-order valence-electron chi connectivity index (χ0n) is 10.7. The largest absolute Gasteiger partial charge is 0.365 e. The van der Waals surface area contributed by atoms with E-state index in [0.29, 0.717) is 23.1 Å². The first kappa shape index (κ1) is 12.3. The molecule has 6 heteroatoms. The standard InChI is InChI=1S/C13H16FN3O2/c1-8-2-12(13(17(18)19)3-11(8)14)16-6-9-4-15-5-10(9)7-16/h2-3,9-10,15H,4-7H2,1H3. The minimum atomic E-state index is -0.517. The van der Waals surface area contributed by atoms with E-state index >= 15 is 0 Å². The first-order valence-corrected chi connectivity index (χ1v) is 6.46. The third-order valence-electron chi connectivity index (χ3n) is 4.18. The van der Waals surface area contributed by atoms with Gasteiger partial charge in [0.1, 0.15) is 11.5 Å². The molecule has 2 aliphatic heterocycles. The molecular weight excluding hydrogens is 249 g/mol. The van der Waals surface area contributed by atoms with E-state index in [1.54, 1.807) is 13.0 Å². The fourth-order valence-corrected chi connectivity index (χ4v) is 3.11. The van der Waals surface area contributed by atoms with Gasteiger partial charge >= 0.3 is 0 Å². The van der Waals surface area contributed by atoms with Crippen molar-refractivity contribution in [3.8, 4) is 0 Å². The molecule has 2 atom stereocenters. The highest BCUT2D eigenvalue weighted by Gasteiger charge is 2.38. The lowest BCUT2D eigenvalue weighted by molar-refractivity contribution is -0.384. The van der Waals surface area contributed by atoms with Crippen molar-refractivity contribution in [2.24, 2.45) is 11.8 Å². The van der Waals surface area contributed by atoms with E-state index in [-0.39, 0.29) is 5.69 Å². The van der Waals surface area contributed by atoms with Crippen LogP contribution in [0.2, 0.25) is 0 Å². The molecule has 19 heavy (non-hydrogen) atoms. The van der Waals surface area contributed by atoms with Crippen molar-refractivity contribution in [1.82, 2.24) is 5.32 Å². The monoisotopic (exact) mass is 265 g/mol. The molecule has 2 unspecified atom stereocenters. The number of nitro benzene ring substituents is 1. The van der Waals surface area contributed by atoms with Crippen LogP contribution in [0.3, 0.4) is 0 Å². The van der Waals surface area contributed by atoms with Gasteiger partial charge in [-0.3, -0.25) is 10.1 Å². The maximum atomic E-state index is 13.5. The van der Waals surface area contributed by atoms with Gasteiger partial charge in [-0.2, -0.15) is 0 Å². The number of nitrogens with zero attached hydrogens (tertiary/aromatic N) is 2. The molecule has 0 aliphatic carbocycles. The Balaban J connectivity index is 1.96. The van der Waals surface area contributed by atoms with Crippen molar-refractivity contribution in [1.29, 1.82) is 0 Å². The predicted octanol–water partition coefficient (Wildman–Crippen LogP) is 1.70. The molecule has 3 rings (SSSR count). The van der Waals surface area contributed by atoms with E-state index in [2.05, 4.69) is 5.32 Å². The highest BCUT2D eigenvalue weighted by molar-refractivity contribution is 5.65. The Bertz CT molecular complexity index is 523. The summed E-state index contributed by atoms with van der Waals surface area (Å²) in [5.41, 5.74) is 0.880. The lowest BCUT2D eigenvalue weighted by atomic mass is 10.0. The van der Waals surface area contributed by atoms with E-state index in [1.165, 1.54) is 0 Å². The Morgan fingerprint density at radius 3 is 2.58 bits per heavy atom. The molecule has 5 nitrogen and oxygen atoms in total. The van der Waals surface area contributed by atoms with Crippen LogP contribution < -0.4 is 10.2 Å². The van der Waals surface area contributed by atoms with Crippen molar-refractivity contribution in [2.45, 2.75) is 6.92 Å². The number of aryl methyl sites for hydroxylation is 1. The van der Waals surface area contributed by atoms with Crippen LogP contribution >= 0.6 is 0 Å². The summed E-state index contributed by atoms with van der Waals surface area (Å²) in [6, 6.07) is 2.64. The van der Waals surface area contributed by atoms with Gasteiger partial charge in [0.15, 0.2) is 0 Å². The predicted molar refractivity (Wildman–Crippen MR) is 69.9 cm³/mol. The molecule has 2 saturated heterocycles. The molecule has 0 radical (unpaired) electrons. The van der Waals surface area contributed by atoms with Crippen molar-refractivity contribution in [3.05, 3.63) is 33.6 Å². The second kappa shape index (κ2) is 4.45. The Hall–Kier alpha value is -1.69. The number of anilines is 1. The highest BCUT2D eigenvalue weighted by atomic mass is 19.1. The van der Waals surface area contributed by atoms with Gasteiger partial charge < -0.3 is 10.2 Å². The molecule has 2 fully saturated rings. The lowest BCUT2D eigenvalue weighted by Crippen LogP contribution is -2.26. The van der Waals surface area contributed by atoms with E-state index in [4.69, 9.17) is 0 Å². The van der Waals surface area contributed by atoms with Crippen LogP contribution in [0.5, 0.6) is 0 Å². The van der Waals surface area contributed by atoms with E-state index < -0.39 is 10.7 Å². The summed E-state index contributed by atoms with van der Waals surface area (Å²) in [7, 11) is 0. The topological polar surface area (TPSA) is 58.4 Å². The van der Waals surface area contributed by atoms with Gasteiger partial charge in [-0.15, -0.1) is 0 Å². The summed E-state index contributed by atoms with van der Waals surface area (Å²) in [4.78, 5) is 12.6. The quantitative estimate of drug-likeness (QED) is 0.653. The second-order valence-electron chi connectivity index (χ2n) is 5.43. The van der Waals surface area contributed by atoms with Gasteiger partial charge in [0.05, 0.1) is 11.0 Å². The van der Waals surface area contributed by atoms with Gasteiger partial charge in [0.2, 0.25) is 0 Å². The van der Waals surface area contributed by atoms with Crippen LogP contribution in [0.25, 0.3) is 0 Å². The average Bonchev–Trinajstić information content (AvgIpc) is 2.92. The Labute approximate surface area is 110 Å². The number of benzene rings is 1. The molecule has 0 bridgehead atoms. The van der Waals surface area contributed by atoms with Crippen molar-refractivity contribution in [2.75, 3.05) is 31.1 Å². The third-order valence-corrected chi connectivity index (χ3v) is 4.18. The summed E-state index contributed by atoms with van der Waals surface area (Å²) in [6.45, 7) is 5.19. The van der Waals surface area contributed by atoms with Gasteiger partial charge in [-0.1, -0.05) is 0 Å². The van der Waals surface area contributed by atoms with E-state index in [9.17, 15) is 14.5 Å². The van der Waals surface area contributed by atoms with E-state index in [1.807, 2.05) is 4.90 Å². The third kappa shape index (κ3) is 2.06. The molecule has 1 aromatic rings. The molecule has 102 valence electrons. The fourth-order valence-electron chi connectivity index (χ4n) is 3.11. The van der Waals surface area contributed by atoms with Crippen LogP contribution in [-0.4, -0.2) is 31.1 Å². The summed E-state index contributed by atoms with van der Waals surface area (Å²) in [5, 5.41) is 14.4. The van der Waals surface area contributed by atoms with Crippen molar-refractivity contribution >= 4 is 11.4 Å². The summed E-state index contributed by atoms with van der Waals surface area (Å²) in [6.07, 6.45) is 0. The molecule has 0 aromatic heterocycles. The van der Waals surface area contributed by atoms with Crippen LogP contribution in [-0.2, 0) is 0 Å². The Morgan fingerprint density at radius 1 is 1.37 bits per heavy atom. The molecule has 0 amide bonds. The van der Waals surface area contributed by atoms with Gasteiger partial charge in [0.25, 0.3) is 5.69 Å². The van der Waals surface area contributed by atoms with Crippen LogP contribution in [0.1, 0.15) is 5.56 Å². The first-order valence-electron chi connectivity index (χ1n) is 6.46. The number of nitrogens with one attached hydrogen (secondary N) is 1. The van der Waals surface area contributed by atoms with E-state index in [0.717, 1.165) is 32.2 Å². The maximum Gasteiger partial charge on any atom is 0.295 e. The summed E-state index contributed by atoms with van der Waals surface area (Å²) < 4.78 is 13.5. The Morgan fingerprint density at radius 2 is 2.00 bits per heavy atom. The minimum Gasteiger partial charge on any atom is -0.365 e. The number of nitro groups is 1. The highest BCUT2D eigenvalue weighted by Crippen LogP contribution is 2.36. The Kier molecular flexibility index (Phi) is 2.89. The molecule has 2 aliphatic rings. The van der Waals surface area contributed by atoms with Crippen LogP contribution in [0.15, 0.2) is 12.1 Å². The number of rotatable bonds is 2. The molecule has 2 heterocycles. The van der Waals surface area contributed by atoms with Crippen molar-refractivity contribution in [3.63, 3.8) is 0 Å². The minimum absolute atomic E-state index is 0.129. The number of fused-ring (bicyclic) bond motifs is 1. The normalized spacial score (nSPS) is 25.7. The molecular formula is C13H16FN3O2. The number of hydrogen-bond donors (Lipinski definition) is 1. The molecule has 0 spiro atoms. The molecule has 1 N–H and O–H groups in total. The van der Waals surface area contributed by atoms with Gasteiger partial charge in [-0.25, -0.2) is 4.39 Å². The zero-order chi connectivity index (χ0) is 13.6. The zero-order valence-corrected chi connectivity index (χ0v) is 10.7. The van der Waals surface area contributed by atoms with Crippen LogP contribution in [0, 0.1) is 34.7 Å². The second-order valence-corrected chi connectivity index (χ2v) is 5.43. The smallest absolute Gasteiger partial charge is 0.295 e. The van der Waals surface area contributed by atoms with Gasteiger partial charge in [-0.05, 0) is 30.4 Å². The summed E-state index contributed by atoms with van der Waals surface area (Å²) >= 11 is 0. The number of hydrogen-bond acceptors (Lipinski definition) is 4. The average molecular weight is 265 g/mol. The summed E-state index contributed by atoms with van der Waals surface area (Å²) in [5.74, 6) is 0.575. The molecule has 1 aromatic carbocycles. The molecule has 0 saturated carbocycles. The SMILES string of the molecule is Cc1cc(N2CC3CNCC3C2)c([N+](=O)[O-])cc1F. The van der Waals surface area contributed by atoms with Crippen LogP contribution in [0.4, 0.5) is 15.8 Å². The van der Waals surface area contributed by atoms with Crippen molar-refractivity contribution < 1.29 is 9.31 Å². The maximum absolute atomic E-state index is 13.5.